The van der Waals surface area contributed by atoms with Crippen molar-refractivity contribution in [3.63, 3.8) is 0 Å². The molecule has 0 radical (unpaired) electrons. The number of carbonyl (C=O) groups is 1. The Morgan fingerprint density at radius 2 is 1.54 bits per heavy atom. The predicted molar refractivity (Wildman–Crippen MR) is 99.1 cm³/mol. The van der Waals surface area contributed by atoms with Crippen LogP contribution in [0.25, 0.3) is 0 Å². The average Bonchev–Trinajstić information content (AvgIpc) is 3.08. The minimum absolute atomic E-state index is 0.511. The van der Waals surface area contributed by atoms with Crippen LogP contribution >= 0.6 is 0 Å². The minimum atomic E-state index is -1.18. The van der Waals surface area contributed by atoms with E-state index in [0.29, 0.717) is 11.5 Å². The van der Waals surface area contributed by atoms with Gasteiger partial charge in [-0.2, -0.15) is 5.10 Å². The number of benzene rings is 2. The van der Waals surface area contributed by atoms with Gasteiger partial charge in [0.15, 0.2) is 0 Å². The summed E-state index contributed by atoms with van der Waals surface area (Å²) >= 11 is 0. The number of ether oxygens (including phenoxy) is 2. The number of nitrogens with zero attached hydrogens (tertiary/aromatic N) is 2. The molecular weight excluding hydrogens is 330 g/mol. The SMILES string of the molecule is Cn1cccc1C=NNC(=O)C(Oc1ccccc1)Oc1ccccc1. The van der Waals surface area contributed by atoms with Crippen molar-refractivity contribution >= 4 is 12.1 Å². The van der Waals surface area contributed by atoms with E-state index in [9.17, 15) is 4.79 Å². The second-order valence-electron chi connectivity index (χ2n) is 5.47. The molecule has 0 aliphatic heterocycles. The van der Waals surface area contributed by atoms with Crippen LogP contribution in [0.4, 0.5) is 0 Å². The second kappa shape index (κ2) is 8.53. The van der Waals surface area contributed by atoms with Gasteiger partial charge in [0.25, 0.3) is 0 Å². The van der Waals surface area contributed by atoms with E-state index in [0.717, 1.165) is 5.69 Å². The second-order valence-corrected chi connectivity index (χ2v) is 5.47. The van der Waals surface area contributed by atoms with Crippen LogP contribution in [-0.2, 0) is 11.8 Å². The topological polar surface area (TPSA) is 64.9 Å². The maximum Gasteiger partial charge on any atom is 0.323 e. The zero-order valence-corrected chi connectivity index (χ0v) is 14.3. The average molecular weight is 349 g/mol. The molecule has 3 rings (SSSR count). The first-order valence-corrected chi connectivity index (χ1v) is 8.10. The molecule has 0 aliphatic rings. The largest absolute Gasteiger partial charge is 0.446 e. The molecule has 1 aromatic heterocycles. The summed E-state index contributed by atoms with van der Waals surface area (Å²) in [7, 11) is 1.89. The molecule has 132 valence electrons. The lowest BCUT2D eigenvalue weighted by atomic mass is 10.3. The van der Waals surface area contributed by atoms with Crippen LogP contribution < -0.4 is 14.9 Å². The van der Waals surface area contributed by atoms with Crippen LogP contribution in [0, 0.1) is 0 Å². The Hall–Kier alpha value is -3.54. The van der Waals surface area contributed by atoms with Crippen molar-refractivity contribution in [2.24, 2.45) is 12.1 Å². The molecule has 0 spiro atoms. The molecule has 1 amide bonds. The number of hydrazone groups is 1. The lowest BCUT2D eigenvalue weighted by molar-refractivity contribution is -0.140. The number of nitrogens with one attached hydrogen (secondary N) is 1. The number of amides is 1. The molecule has 0 bridgehead atoms. The first-order valence-electron chi connectivity index (χ1n) is 8.10. The van der Waals surface area contributed by atoms with Gasteiger partial charge in [-0.15, -0.1) is 0 Å². The third-order valence-corrected chi connectivity index (χ3v) is 3.54. The lowest BCUT2D eigenvalue weighted by Gasteiger charge is -2.18. The highest BCUT2D eigenvalue weighted by atomic mass is 16.7. The van der Waals surface area contributed by atoms with Gasteiger partial charge in [0.1, 0.15) is 11.5 Å². The maximum absolute atomic E-state index is 12.5. The summed E-state index contributed by atoms with van der Waals surface area (Å²) in [4.78, 5) is 12.5. The number of aryl methyl sites for hydroxylation is 1. The van der Waals surface area contributed by atoms with Crippen LogP contribution in [0.15, 0.2) is 84.1 Å². The zero-order valence-electron chi connectivity index (χ0n) is 14.3. The van der Waals surface area contributed by atoms with Gasteiger partial charge in [-0.3, -0.25) is 4.79 Å². The van der Waals surface area contributed by atoms with Gasteiger partial charge < -0.3 is 14.0 Å². The van der Waals surface area contributed by atoms with Gasteiger partial charge in [0, 0.05) is 13.2 Å². The fourth-order valence-corrected chi connectivity index (χ4v) is 2.20. The van der Waals surface area contributed by atoms with E-state index in [1.165, 1.54) is 0 Å². The third kappa shape index (κ3) is 4.73. The molecule has 0 saturated carbocycles. The highest BCUT2D eigenvalue weighted by Crippen LogP contribution is 2.16. The molecule has 0 aliphatic carbocycles. The first kappa shape index (κ1) is 17.3. The summed E-state index contributed by atoms with van der Waals surface area (Å²) in [5.74, 6) is 0.535. The van der Waals surface area contributed by atoms with Gasteiger partial charge >= 0.3 is 12.2 Å². The third-order valence-electron chi connectivity index (χ3n) is 3.54. The lowest BCUT2D eigenvalue weighted by Crippen LogP contribution is -2.40. The summed E-state index contributed by atoms with van der Waals surface area (Å²) in [6.07, 6.45) is 2.27. The Labute approximate surface area is 151 Å². The van der Waals surface area contributed by atoms with Crippen molar-refractivity contribution in [2.75, 3.05) is 0 Å². The Kier molecular flexibility index (Phi) is 5.67. The molecule has 26 heavy (non-hydrogen) atoms. The normalized spacial score (nSPS) is 10.8. The van der Waals surface area contributed by atoms with Crippen LogP contribution in [0.1, 0.15) is 5.69 Å². The Balaban J connectivity index is 1.70. The minimum Gasteiger partial charge on any atom is -0.446 e. The van der Waals surface area contributed by atoms with Crippen molar-refractivity contribution in [3.05, 3.63) is 84.7 Å². The quantitative estimate of drug-likeness (QED) is 0.405. The summed E-state index contributed by atoms with van der Waals surface area (Å²) in [5.41, 5.74) is 3.31. The number of carbonyl (C=O) groups excluding carboxylic acids is 1. The molecule has 6 nitrogen and oxygen atoms in total. The van der Waals surface area contributed by atoms with Gasteiger partial charge in [0.05, 0.1) is 11.9 Å². The Morgan fingerprint density at radius 3 is 2.04 bits per heavy atom. The van der Waals surface area contributed by atoms with E-state index < -0.39 is 12.2 Å². The number of rotatable bonds is 7. The van der Waals surface area contributed by atoms with Crippen LogP contribution in [0.5, 0.6) is 11.5 Å². The van der Waals surface area contributed by atoms with Gasteiger partial charge in [-0.25, -0.2) is 5.43 Å². The van der Waals surface area contributed by atoms with E-state index in [2.05, 4.69) is 10.5 Å². The number of para-hydroxylation sites is 2. The molecule has 1 N–H and O–H groups in total. The number of hydrogen-bond donors (Lipinski definition) is 1. The van der Waals surface area contributed by atoms with E-state index in [4.69, 9.17) is 9.47 Å². The smallest absolute Gasteiger partial charge is 0.323 e. The molecule has 0 saturated heterocycles. The van der Waals surface area contributed by atoms with Gasteiger partial charge in [-0.05, 0) is 36.4 Å². The van der Waals surface area contributed by atoms with Crippen LogP contribution in [-0.4, -0.2) is 23.0 Å². The summed E-state index contributed by atoms with van der Waals surface area (Å²) in [6.45, 7) is 0. The Bertz CT molecular complexity index is 819. The Morgan fingerprint density at radius 1 is 0.962 bits per heavy atom. The van der Waals surface area contributed by atoms with Crippen molar-refractivity contribution < 1.29 is 14.3 Å². The zero-order chi connectivity index (χ0) is 18.2. The molecule has 6 heteroatoms. The van der Waals surface area contributed by atoms with Crippen LogP contribution in [0.3, 0.4) is 0 Å². The molecule has 0 unspecified atom stereocenters. The summed E-state index contributed by atoms with van der Waals surface area (Å²) < 4.78 is 13.2. The van der Waals surface area contributed by atoms with E-state index in [1.54, 1.807) is 30.5 Å². The highest BCUT2D eigenvalue weighted by Gasteiger charge is 2.22. The molecule has 0 fully saturated rings. The monoisotopic (exact) mass is 349 g/mol. The first-order chi connectivity index (χ1) is 12.7. The standard InChI is InChI=1S/C20H19N3O3/c1-23-14-8-9-16(23)15-21-22-19(24)20(25-17-10-4-2-5-11-17)26-18-12-6-3-7-13-18/h2-15,20H,1H3,(H,22,24). The molecule has 1 heterocycles. The van der Waals surface area contributed by atoms with Crippen molar-refractivity contribution in [1.29, 1.82) is 0 Å². The van der Waals surface area contributed by atoms with Crippen molar-refractivity contribution in [3.8, 4) is 11.5 Å². The molecule has 0 atom stereocenters. The number of aromatic nitrogens is 1. The highest BCUT2D eigenvalue weighted by molar-refractivity contribution is 5.83. The van der Waals surface area contributed by atoms with E-state index in [1.807, 2.05) is 66.3 Å². The molecular formula is C20H19N3O3. The van der Waals surface area contributed by atoms with E-state index in [-0.39, 0.29) is 0 Å². The van der Waals surface area contributed by atoms with Crippen molar-refractivity contribution in [1.82, 2.24) is 9.99 Å². The fraction of sp³-hybridized carbons (Fsp3) is 0.100. The van der Waals surface area contributed by atoms with Crippen molar-refractivity contribution in [2.45, 2.75) is 6.29 Å². The predicted octanol–water partition coefficient (Wildman–Crippen LogP) is 2.96. The number of hydrogen-bond acceptors (Lipinski definition) is 4. The summed E-state index contributed by atoms with van der Waals surface area (Å²) in [6, 6.07) is 21.8. The van der Waals surface area contributed by atoms with Gasteiger partial charge in [0.2, 0.25) is 0 Å². The van der Waals surface area contributed by atoms with Crippen LogP contribution in [0.2, 0.25) is 0 Å². The molecule has 2 aromatic carbocycles. The van der Waals surface area contributed by atoms with Gasteiger partial charge in [-0.1, -0.05) is 36.4 Å². The maximum atomic E-state index is 12.5. The summed E-state index contributed by atoms with van der Waals surface area (Å²) in [5, 5.41) is 3.97. The van der Waals surface area contributed by atoms with E-state index >= 15 is 0 Å². The molecule has 3 aromatic rings. The fourth-order valence-electron chi connectivity index (χ4n) is 2.20.